The number of aryl methyl sites for hydroxylation is 1. The Balaban J connectivity index is 1.63. The van der Waals surface area contributed by atoms with Crippen LogP contribution in [0.5, 0.6) is 11.6 Å². The van der Waals surface area contributed by atoms with Gasteiger partial charge in [0.15, 0.2) is 11.6 Å². The number of carbonyl (C=O) groups is 1. The number of ether oxygens (including phenoxy) is 1. The van der Waals surface area contributed by atoms with Crippen molar-refractivity contribution in [3.63, 3.8) is 0 Å². The first-order valence-corrected chi connectivity index (χ1v) is 8.76. The number of aromatic nitrogens is 3. The fourth-order valence-electron chi connectivity index (χ4n) is 2.80. The maximum Gasteiger partial charge on any atom is 0.335 e. The summed E-state index contributed by atoms with van der Waals surface area (Å²) < 4.78 is 5.95. The minimum absolute atomic E-state index is 0.189. The predicted molar refractivity (Wildman–Crippen MR) is 110 cm³/mol. The van der Waals surface area contributed by atoms with Crippen molar-refractivity contribution in [2.45, 2.75) is 6.92 Å². The zero-order chi connectivity index (χ0) is 20.4. The van der Waals surface area contributed by atoms with E-state index < -0.39 is 5.97 Å². The van der Waals surface area contributed by atoms with E-state index in [0.29, 0.717) is 22.8 Å². The minimum Gasteiger partial charge on any atom is -0.478 e. The number of rotatable bonds is 5. The molecule has 29 heavy (non-hydrogen) atoms. The van der Waals surface area contributed by atoms with Gasteiger partial charge < -0.3 is 20.9 Å². The minimum atomic E-state index is -0.993. The van der Waals surface area contributed by atoms with Gasteiger partial charge in [-0.15, -0.1) is 0 Å². The van der Waals surface area contributed by atoms with E-state index in [-0.39, 0.29) is 17.1 Å². The predicted octanol–water partition coefficient (Wildman–Crippen LogP) is 4.15. The van der Waals surface area contributed by atoms with E-state index in [4.69, 9.17) is 15.6 Å². The fraction of sp³-hybridized carbons (Fsp3) is 0.0476. The Kier molecular flexibility index (Phi) is 4.66. The first-order valence-electron chi connectivity index (χ1n) is 8.76. The molecule has 2 aromatic heterocycles. The fourth-order valence-corrected chi connectivity index (χ4v) is 2.80. The molecule has 0 atom stereocenters. The molecule has 4 aromatic rings. The number of pyridine rings is 1. The smallest absolute Gasteiger partial charge is 0.335 e. The van der Waals surface area contributed by atoms with Gasteiger partial charge >= 0.3 is 5.97 Å². The number of anilines is 3. The molecule has 4 rings (SSSR count). The van der Waals surface area contributed by atoms with Crippen LogP contribution in [-0.2, 0) is 0 Å². The molecule has 2 aromatic carbocycles. The molecule has 0 saturated carbocycles. The van der Waals surface area contributed by atoms with Crippen molar-refractivity contribution in [2.75, 3.05) is 11.1 Å². The number of carboxylic acid groups (broad SMARTS) is 1. The number of fused-ring (bicyclic) bond motifs is 1. The van der Waals surface area contributed by atoms with Gasteiger partial charge in [0.1, 0.15) is 17.5 Å². The average molecular weight is 387 g/mol. The van der Waals surface area contributed by atoms with E-state index in [1.54, 1.807) is 18.2 Å². The third-order valence-electron chi connectivity index (χ3n) is 4.27. The topological polar surface area (TPSA) is 123 Å². The molecule has 0 aliphatic carbocycles. The number of hydrogen-bond donors (Lipinski definition) is 3. The third-order valence-corrected chi connectivity index (χ3v) is 4.27. The van der Waals surface area contributed by atoms with Gasteiger partial charge in [-0.1, -0.05) is 18.2 Å². The van der Waals surface area contributed by atoms with Crippen molar-refractivity contribution in [3.05, 3.63) is 72.2 Å². The summed E-state index contributed by atoms with van der Waals surface area (Å²) in [6.45, 7) is 1.91. The molecule has 0 unspecified atom stereocenters. The van der Waals surface area contributed by atoms with Crippen LogP contribution in [0.1, 0.15) is 16.1 Å². The number of nitrogen functional groups attached to an aromatic ring is 1. The Bertz CT molecular complexity index is 1210. The molecule has 0 aliphatic heterocycles. The second-order valence-corrected chi connectivity index (χ2v) is 6.33. The maximum atomic E-state index is 11.0. The number of nitrogens with zero attached hydrogens (tertiary/aromatic N) is 3. The lowest BCUT2D eigenvalue weighted by Crippen LogP contribution is -2.04. The molecule has 0 saturated heterocycles. The molecule has 0 aliphatic rings. The summed E-state index contributed by atoms with van der Waals surface area (Å²) in [5, 5.41) is 13.0. The summed E-state index contributed by atoms with van der Waals surface area (Å²) in [4.78, 5) is 23.8. The van der Waals surface area contributed by atoms with Crippen molar-refractivity contribution in [1.82, 2.24) is 15.0 Å². The van der Waals surface area contributed by atoms with Crippen LogP contribution in [-0.4, -0.2) is 26.0 Å². The Morgan fingerprint density at radius 2 is 1.86 bits per heavy atom. The van der Waals surface area contributed by atoms with Crippen molar-refractivity contribution >= 4 is 34.1 Å². The summed E-state index contributed by atoms with van der Waals surface area (Å²) in [6.07, 6.45) is 1.34. The van der Waals surface area contributed by atoms with E-state index >= 15 is 0 Å². The number of nitrogens with one attached hydrogen (secondary N) is 1. The molecule has 8 nitrogen and oxygen atoms in total. The SMILES string of the molecule is Cc1ccc2cccc(Oc3ncnc(Nc4ccc(C(=O)O)cc4)c3N)c2n1. The number of para-hydroxylation sites is 1. The highest BCUT2D eigenvalue weighted by atomic mass is 16.5. The van der Waals surface area contributed by atoms with Crippen LogP contribution in [0.15, 0.2) is 60.9 Å². The van der Waals surface area contributed by atoms with E-state index in [9.17, 15) is 4.79 Å². The highest BCUT2D eigenvalue weighted by molar-refractivity contribution is 5.88. The summed E-state index contributed by atoms with van der Waals surface area (Å²) in [5.74, 6) is 0.0870. The Morgan fingerprint density at radius 3 is 2.62 bits per heavy atom. The average Bonchev–Trinajstić information content (AvgIpc) is 2.72. The molecule has 0 fully saturated rings. The number of nitrogens with two attached hydrogens (primary N) is 1. The van der Waals surface area contributed by atoms with Gasteiger partial charge in [0, 0.05) is 16.8 Å². The molecular weight excluding hydrogens is 370 g/mol. The van der Waals surface area contributed by atoms with Crippen LogP contribution < -0.4 is 15.8 Å². The van der Waals surface area contributed by atoms with Gasteiger partial charge in [0.2, 0.25) is 5.88 Å². The number of hydrogen-bond acceptors (Lipinski definition) is 7. The lowest BCUT2D eigenvalue weighted by atomic mass is 10.2. The number of benzene rings is 2. The first-order chi connectivity index (χ1) is 14.0. The summed E-state index contributed by atoms with van der Waals surface area (Å²) >= 11 is 0. The molecule has 0 amide bonds. The zero-order valence-electron chi connectivity index (χ0n) is 15.5. The summed E-state index contributed by atoms with van der Waals surface area (Å²) in [5.41, 5.74) is 8.83. The molecule has 2 heterocycles. The van der Waals surface area contributed by atoms with Gasteiger partial charge in [-0.2, -0.15) is 4.98 Å². The third kappa shape index (κ3) is 3.77. The van der Waals surface area contributed by atoms with Crippen molar-refractivity contribution < 1.29 is 14.6 Å². The second-order valence-electron chi connectivity index (χ2n) is 6.33. The lowest BCUT2D eigenvalue weighted by molar-refractivity contribution is 0.0697. The van der Waals surface area contributed by atoms with E-state index in [1.807, 2.05) is 31.2 Å². The highest BCUT2D eigenvalue weighted by Crippen LogP contribution is 2.33. The van der Waals surface area contributed by atoms with Crippen LogP contribution in [0.25, 0.3) is 10.9 Å². The Hall–Kier alpha value is -4.20. The van der Waals surface area contributed by atoms with Crippen LogP contribution in [0.4, 0.5) is 17.2 Å². The largest absolute Gasteiger partial charge is 0.478 e. The van der Waals surface area contributed by atoms with E-state index in [1.165, 1.54) is 18.5 Å². The highest BCUT2D eigenvalue weighted by Gasteiger charge is 2.13. The van der Waals surface area contributed by atoms with Gasteiger partial charge in [0.25, 0.3) is 0 Å². The Labute approximate surface area is 166 Å². The first kappa shape index (κ1) is 18.2. The lowest BCUT2D eigenvalue weighted by Gasteiger charge is -2.13. The van der Waals surface area contributed by atoms with Crippen molar-refractivity contribution in [2.24, 2.45) is 0 Å². The van der Waals surface area contributed by atoms with E-state index in [0.717, 1.165) is 11.1 Å². The second kappa shape index (κ2) is 7.43. The number of carboxylic acids is 1. The standard InChI is InChI=1S/C21H17N5O3/c1-12-5-6-13-3-2-4-16(18(13)25-12)29-20-17(22)19(23-11-24-20)26-15-9-7-14(8-10-15)21(27)28/h2-11H,22H2,1H3,(H,27,28)(H,23,24,26). The van der Waals surface area contributed by atoms with Crippen LogP contribution >= 0.6 is 0 Å². The van der Waals surface area contributed by atoms with Gasteiger partial charge in [0.05, 0.1) is 5.56 Å². The number of aromatic carboxylic acids is 1. The maximum absolute atomic E-state index is 11.0. The summed E-state index contributed by atoms with van der Waals surface area (Å²) in [7, 11) is 0. The van der Waals surface area contributed by atoms with E-state index in [2.05, 4.69) is 20.3 Å². The van der Waals surface area contributed by atoms with Gasteiger partial charge in [-0.05, 0) is 43.3 Å². The van der Waals surface area contributed by atoms with Gasteiger partial charge in [-0.25, -0.2) is 14.8 Å². The van der Waals surface area contributed by atoms with Crippen LogP contribution in [0, 0.1) is 6.92 Å². The normalized spacial score (nSPS) is 10.7. The molecule has 0 spiro atoms. The zero-order valence-corrected chi connectivity index (χ0v) is 15.5. The summed E-state index contributed by atoms with van der Waals surface area (Å²) in [6, 6.07) is 15.8. The quantitative estimate of drug-likeness (QED) is 0.467. The molecule has 0 radical (unpaired) electrons. The molecular formula is C21H17N5O3. The van der Waals surface area contributed by atoms with Gasteiger partial charge in [-0.3, -0.25) is 0 Å². The van der Waals surface area contributed by atoms with Crippen molar-refractivity contribution in [1.29, 1.82) is 0 Å². The van der Waals surface area contributed by atoms with Crippen LogP contribution in [0.2, 0.25) is 0 Å². The molecule has 144 valence electrons. The monoisotopic (exact) mass is 387 g/mol. The molecule has 4 N–H and O–H groups in total. The molecule has 0 bridgehead atoms. The van der Waals surface area contributed by atoms with Crippen LogP contribution in [0.3, 0.4) is 0 Å². The molecule has 8 heteroatoms. The van der Waals surface area contributed by atoms with Crippen molar-refractivity contribution in [3.8, 4) is 11.6 Å². The Morgan fingerprint density at radius 1 is 1.07 bits per heavy atom.